The number of hydrogen-bond acceptors (Lipinski definition) is 7. The summed E-state index contributed by atoms with van der Waals surface area (Å²) in [7, 11) is 0. The number of piperazine rings is 1. The van der Waals surface area contributed by atoms with Gasteiger partial charge in [0, 0.05) is 38.3 Å². The first-order valence-electron chi connectivity index (χ1n) is 7.97. The van der Waals surface area contributed by atoms with Crippen LogP contribution in [0.2, 0.25) is 0 Å². The van der Waals surface area contributed by atoms with Crippen LogP contribution < -0.4 is 10.6 Å². The smallest absolute Gasteiger partial charge is 0.252 e. The van der Waals surface area contributed by atoms with E-state index in [0.29, 0.717) is 32.6 Å². The Morgan fingerprint density at radius 3 is 2.74 bits per heavy atom. The fourth-order valence-corrected chi connectivity index (χ4v) is 3.40. The molecule has 1 amide bonds. The molecule has 23 heavy (non-hydrogen) atoms. The van der Waals surface area contributed by atoms with Crippen LogP contribution in [0.25, 0.3) is 0 Å². The standard InChI is InChI=1S/C15H23N5O3/c1-9-6-10(21)13-12(9)14(18-8-17-13)19-2-4-20(5-3-19)15(23)11(22)7-16/h8-11,21-22H,2-7,16H2,1H3/t9-,10-,11+/m1/s1. The predicted molar refractivity (Wildman–Crippen MR) is 83.9 cm³/mol. The van der Waals surface area contributed by atoms with Crippen LogP contribution in [0.1, 0.15) is 36.6 Å². The van der Waals surface area contributed by atoms with Crippen molar-refractivity contribution < 1.29 is 15.0 Å². The first-order valence-corrected chi connectivity index (χ1v) is 7.97. The number of aliphatic hydroxyl groups is 2. The first-order chi connectivity index (χ1) is 11.0. The van der Waals surface area contributed by atoms with Gasteiger partial charge in [-0.1, -0.05) is 6.92 Å². The molecule has 8 heteroatoms. The molecule has 0 aromatic carbocycles. The van der Waals surface area contributed by atoms with E-state index < -0.39 is 12.2 Å². The fourth-order valence-electron chi connectivity index (χ4n) is 3.40. The lowest BCUT2D eigenvalue weighted by Gasteiger charge is -2.37. The van der Waals surface area contributed by atoms with E-state index in [9.17, 15) is 15.0 Å². The average Bonchev–Trinajstić information content (AvgIpc) is 2.88. The van der Waals surface area contributed by atoms with Gasteiger partial charge in [0.2, 0.25) is 0 Å². The SMILES string of the molecule is C[C@@H]1C[C@@H](O)c2ncnc(N3CCN(C(=O)[C@@H](O)CN)CC3)c21. The zero-order chi connectivity index (χ0) is 16.6. The molecule has 0 unspecified atom stereocenters. The second-order valence-corrected chi connectivity index (χ2v) is 6.21. The van der Waals surface area contributed by atoms with Crippen molar-refractivity contribution in [3.05, 3.63) is 17.6 Å². The lowest BCUT2D eigenvalue weighted by Crippen LogP contribution is -2.53. The fraction of sp³-hybridized carbons (Fsp3) is 0.667. The summed E-state index contributed by atoms with van der Waals surface area (Å²) in [6.45, 7) is 4.31. The van der Waals surface area contributed by atoms with Crippen LogP contribution in [0.3, 0.4) is 0 Å². The highest BCUT2D eigenvalue weighted by molar-refractivity contribution is 5.81. The van der Waals surface area contributed by atoms with Gasteiger partial charge in [0.1, 0.15) is 18.2 Å². The van der Waals surface area contributed by atoms with Crippen LogP contribution in [0.5, 0.6) is 0 Å². The summed E-state index contributed by atoms with van der Waals surface area (Å²) in [5, 5.41) is 19.7. The lowest BCUT2D eigenvalue weighted by molar-refractivity contribution is -0.139. The highest BCUT2D eigenvalue weighted by Gasteiger charge is 2.34. The first kappa shape index (κ1) is 16.1. The van der Waals surface area contributed by atoms with E-state index >= 15 is 0 Å². The molecule has 3 atom stereocenters. The van der Waals surface area contributed by atoms with Crippen molar-refractivity contribution in [3.63, 3.8) is 0 Å². The number of carbonyl (C=O) groups is 1. The summed E-state index contributed by atoms with van der Waals surface area (Å²) >= 11 is 0. The lowest BCUT2D eigenvalue weighted by atomic mass is 10.1. The summed E-state index contributed by atoms with van der Waals surface area (Å²) in [5.74, 6) is 0.754. The van der Waals surface area contributed by atoms with Gasteiger partial charge in [-0.3, -0.25) is 4.79 Å². The molecule has 1 saturated heterocycles. The molecule has 3 rings (SSSR count). The van der Waals surface area contributed by atoms with Crippen molar-refractivity contribution in [2.45, 2.75) is 31.5 Å². The van der Waals surface area contributed by atoms with E-state index in [1.165, 1.54) is 6.33 Å². The van der Waals surface area contributed by atoms with Gasteiger partial charge < -0.3 is 25.7 Å². The molecule has 0 saturated carbocycles. The van der Waals surface area contributed by atoms with Crippen LogP contribution in [0.15, 0.2) is 6.33 Å². The van der Waals surface area contributed by atoms with E-state index in [-0.39, 0.29) is 18.4 Å². The minimum Gasteiger partial charge on any atom is -0.387 e. The molecule has 0 spiro atoms. The van der Waals surface area contributed by atoms with E-state index in [0.717, 1.165) is 17.1 Å². The number of fused-ring (bicyclic) bond motifs is 1. The molecule has 2 aliphatic rings. The zero-order valence-corrected chi connectivity index (χ0v) is 13.2. The Hall–Kier alpha value is -1.77. The summed E-state index contributed by atoms with van der Waals surface area (Å²) < 4.78 is 0. The summed E-state index contributed by atoms with van der Waals surface area (Å²) in [6.07, 6.45) is 0.511. The topological polar surface area (TPSA) is 116 Å². The van der Waals surface area contributed by atoms with Crippen LogP contribution in [-0.2, 0) is 4.79 Å². The van der Waals surface area contributed by atoms with E-state index in [2.05, 4.69) is 21.8 Å². The number of nitrogens with two attached hydrogens (primary N) is 1. The van der Waals surface area contributed by atoms with Crippen LogP contribution in [-0.4, -0.2) is 69.8 Å². The molecule has 1 aromatic rings. The Kier molecular flexibility index (Phi) is 4.47. The van der Waals surface area contributed by atoms with Crippen LogP contribution in [0, 0.1) is 0 Å². The normalized spacial score (nSPS) is 25.4. The Morgan fingerprint density at radius 1 is 1.39 bits per heavy atom. The summed E-state index contributed by atoms with van der Waals surface area (Å²) in [6, 6.07) is 0. The van der Waals surface area contributed by atoms with E-state index in [1.54, 1.807) is 4.90 Å². The van der Waals surface area contributed by atoms with Gasteiger partial charge in [-0.05, 0) is 12.3 Å². The van der Waals surface area contributed by atoms with Gasteiger partial charge in [-0.15, -0.1) is 0 Å². The van der Waals surface area contributed by atoms with Gasteiger partial charge in [-0.2, -0.15) is 0 Å². The molecular formula is C15H23N5O3. The largest absolute Gasteiger partial charge is 0.387 e. The monoisotopic (exact) mass is 321 g/mol. The van der Waals surface area contributed by atoms with Crippen molar-refractivity contribution in [2.24, 2.45) is 5.73 Å². The van der Waals surface area contributed by atoms with Gasteiger partial charge in [0.15, 0.2) is 0 Å². The molecule has 1 aliphatic heterocycles. The van der Waals surface area contributed by atoms with Crippen molar-refractivity contribution in [1.29, 1.82) is 0 Å². The maximum atomic E-state index is 12.0. The van der Waals surface area contributed by atoms with E-state index in [1.807, 2.05) is 0 Å². The third-order valence-corrected chi connectivity index (χ3v) is 4.68. The number of aromatic nitrogens is 2. The van der Waals surface area contributed by atoms with Crippen molar-refractivity contribution in [1.82, 2.24) is 14.9 Å². The van der Waals surface area contributed by atoms with Gasteiger partial charge in [-0.25, -0.2) is 9.97 Å². The number of rotatable bonds is 3. The van der Waals surface area contributed by atoms with E-state index in [4.69, 9.17) is 5.73 Å². The number of hydrogen-bond donors (Lipinski definition) is 3. The maximum Gasteiger partial charge on any atom is 0.252 e. The predicted octanol–water partition coefficient (Wildman–Crippen LogP) is -1.01. The average molecular weight is 321 g/mol. The second kappa shape index (κ2) is 6.38. The van der Waals surface area contributed by atoms with Crippen molar-refractivity contribution in [2.75, 3.05) is 37.6 Å². The zero-order valence-electron chi connectivity index (χ0n) is 13.2. The molecule has 4 N–H and O–H groups in total. The molecule has 1 fully saturated rings. The van der Waals surface area contributed by atoms with Crippen molar-refractivity contribution in [3.8, 4) is 0 Å². The molecule has 1 aliphatic carbocycles. The summed E-state index contributed by atoms with van der Waals surface area (Å²) in [4.78, 5) is 24.4. The Bertz CT molecular complexity index is 588. The molecular weight excluding hydrogens is 298 g/mol. The van der Waals surface area contributed by atoms with Gasteiger partial charge in [0.05, 0.1) is 11.8 Å². The number of anilines is 1. The summed E-state index contributed by atoms with van der Waals surface area (Å²) in [5.41, 5.74) is 7.08. The quantitative estimate of drug-likeness (QED) is 0.653. The van der Waals surface area contributed by atoms with Crippen molar-refractivity contribution >= 4 is 11.7 Å². The number of nitrogens with zero attached hydrogens (tertiary/aromatic N) is 4. The molecule has 8 nitrogen and oxygen atoms in total. The Labute approximate surface area is 134 Å². The minimum absolute atomic E-state index is 0.0616. The third-order valence-electron chi connectivity index (χ3n) is 4.68. The number of amides is 1. The Morgan fingerprint density at radius 2 is 2.09 bits per heavy atom. The number of carbonyl (C=O) groups excluding carboxylic acids is 1. The molecule has 2 heterocycles. The maximum absolute atomic E-state index is 12.0. The number of aliphatic hydroxyl groups excluding tert-OH is 2. The molecule has 0 radical (unpaired) electrons. The van der Waals surface area contributed by atoms with Gasteiger partial charge >= 0.3 is 0 Å². The van der Waals surface area contributed by atoms with Crippen LogP contribution in [0.4, 0.5) is 5.82 Å². The second-order valence-electron chi connectivity index (χ2n) is 6.21. The third kappa shape index (κ3) is 2.89. The van der Waals surface area contributed by atoms with Crippen LogP contribution >= 0.6 is 0 Å². The minimum atomic E-state index is -1.12. The molecule has 126 valence electrons. The Balaban J connectivity index is 1.73. The molecule has 0 bridgehead atoms. The highest BCUT2D eigenvalue weighted by Crippen LogP contribution is 2.42. The highest BCUT2D eigenvalue weighted by atomic mass is 16.3. The molecule has 1 aromatic heterocycles. The van der Waals surface area contributed by atoms with Gasteiger partial charge in [0.25, 0.3) is 5.91 Å².